The number of hydrogen-bond acceptors (Lipinski definition) is 2. The van der Waals surface area contributed by atoms with Crippen LogP contribution < -0.4 is 5.32 Å². The van der Waals surface area contributed by atoms with Crippen molar-refractivity contribution >= 4 is 0 Å². The highest BCUT2D eigenvalue weighted by atomic mass is 16.5. The van der Waals surface area contributed by atoms with Crippen LogP contribution in [0.15, 0.2) is 30.3 Å². The predicted molar refractivity (Wildman–Crippen MR) is 80.3 cm³/mol. The monoisotopic (exact) mass is 261 g/mol. The second-order valence-electron chi connectivity index (χ2n) is 5.67. The lowest BCUT2D eigenvalue weighted by atomic mass is 9.87. The Kier molecular flexibility index (Phi) is 6.38. The zero-order valence-electron chi connectivity index (χ0n) is 12.1. The third-order valence-corrected chi connectivity index (χ3v) is 4.20. The molecule has 0 radical (unpaired) electrons. The summed E-state index contributed by atoms with van der Waals surface area (Å²) in [6.07, 6.45) is 8.49. The summed E-state index contributed by atoms with van der Waals surface area (Å²) >= 11 is 0. The minimum Gasteiger partial charge on any atom is -0.383 e. The Morgan fingerprint density at radius 3 is 2.58 bits per heavy atom. The molecule has 0 saturated heterocycles. The van der Waals surface area contributed by atoms with Gasteiger partial charge < -0.3 is 10.1 Å². The van der Waals surface area contributed by atoms with Crippen molar-refractivity contribution < 1.29 is 4.74 Å². The van der Waals surface area contributed by atoms with E-state index in [9.17, 15) is 0 Å². The number of rotatable bonds is 7. The molecule has 1 N–H and O–H groups in total. The molecule has 1 aliphatic rings. The fraction of sp³-hybridized carbons (Fsp3) is 0.647. The van der Waals surface area contributed by atoms with Crippen molar-refractivity contribution in [3.8, 4) is 0 Å². The van der Waals surface area contributed by atoms with Crippen molar-refractivity contribution in [3.05, 3.63) is 35.9 Å². The maximum absolute atomic E-state index is 5.34. The lowest BCUT2D eigenvalue weighted by molar-refractivity contribution is 0.165. The molecule has 1 unspecified atom stereocenters. The number of hydrogen-bond donors (Lipinski definition) is 1. The zero-order chi connectivity index (χ0) is 13.3. The van der Waals surface area contributed by atoms with Gasteiger partial charge in [0, 0.05) is 7.11 Å². The molecule has 1 aliphatic carbocycles. The van der Waals surface area contributed by atoms with Gasteiger partial charge in [-0.3, -0.25) is 0 Å². The fourth-order valence-corrected chi connectivity index (χ4v) is 3.06. The molecule has 2 nitrogen and oxygen atoms in total. The molecule has 2 rings (SSSR count). The van der Waals surface area contributed by atoms with E-state index in [1.54, 1.807) is 7.11 Å². The Morgan fingerprint density at radius 1 is 1.16 bits per heavy atom. The van der Waals surface area contributed by atoms with Gasteiger partial charge >= 0.3 is 0 Å². The second kappa shape index (κ2) is 8.34. The van der Waals surface area contributed by atoms with Gasteiger partial charge in [0.2, 0.25) is 0 Å². The molecule has 0 amide bonds. The summed E-state index contributed by atoms with van der Waals surface area (Å²) in [5.41, 5.74) is 1.33. The molecule has 1 saturated carbocycles. The van der Waals surface area contributed by atoms with E-state index in [1.807, 2.05) is 0 Å². The van der Waals surface area contributed by atoms with E-state index in [1.165, 1.54) is 44.1 Å². The molecular weight excluding hydrogens is 234 g/mol. The minimum atomic E-state index is 0.329. The lowest BCUT2D eigenvalue weighted by Crippen LogP contribution is -2.27. The second-order valence-corrected chi connectivity index (χ2v) is 5.67. The standard InChI is InChI=1S/C17H27NO/c1-19-14-17(16-10-6-3-7-11-16)18-13-12-15-8-4-2-5-9-15/h3,6-7,10-11,15,17-18H,2,4-5,8-9,12-14H2,1H3. The van der Waals surface area contributed by atoms with Crippen LogP contribution in [0.5, 0.6) is 0 Å². The third-order valence-electron chi connectivity index (χ3n) is 4.20. The highest BCUT2D eigenvalue weighted by molar-refractivity contribution is 5.18. The summed E-state index contributed by atoms with van der Waals surface area (Å²) in [6.45, 7) is 1.85. The highest BCUT2D eigenvalue weighted by Crippen LogP contribution is 2.26. The normalized spacial score (nSPS) is 18.4. The summed E-state index contributed by atoms with van der Waals surface area (Å²) in [5.74, 6) is 0.945. The van der Waals surface area contributed by atoms with Crippen LogP contribution in [-0.4, -0.2) is 20.3 Å². The first-order valence-corrected chi connectivity index (χ1v) is 7.67. The van der Waals surface area contributed by atoms with E-state index in [4.69, 9.17) is 4.74 Å². The van der Waals surface area contributed by atoms with Crippen LogP contribution in [0.1, 0.15) is 50.1 Å². The maximum atomic E-state index is 5.34. The molecule has 0 aromatic heterocycles. The Balaban J connectivity index is 1.77. The van der Waals surface area contributed by atoms with Crippen LogP contribution in [0.3, 0.4) is 0 Å². The Bertz CT molecular complexity index is 332. The van der Waals surface area contributed by atoms with E-state index in [0.717, 1.165) is 19.1 Å². The third kappa shape index (κ3) is 4.96. The van der Waals surface area contributed by atoms with Gasteiger partial charge in [-0.2, -0.15) is 0 Å². The molecule has 0 heterocycles. The van der Waals surface area contributed by atoms with Crippen LogP contribution in [0.4, 0.5) is 0 Å². The predicted octanol–water partition coefficient (Wildman–Crippen LogP) is 3.93. The van der Waals surface area contributed by atoms with Crippen molar-refractivity contribution in [2.45, 2.75) is 44.6 Å². The maximum Gasteiger partial charge on any atom is 0.0657 e. The minimum absolute atomic E-state index is 0.329. The van der Waals surface area contributed by atoms with Crippen molar-refractivity contribution in [3.63, 3.8) is 0 Å². The van der Waals surface area contributed by atoms with Gasteiger partial charge in [0.15, 0.2) is 0 Å². The van der Waals surface area contributed by atoms with Crippen LogP contribution in [-0.2, 0) is 4.74 Å². The van der Waals surface area contributed by atoms with Crippen molar-refractivity contribution in [2.75, 3.05) is 20.3 Å². The molecule has 0 bridgehead atoms. The first kappa shape index (κ1) is 14.5. The Hall–Kier alpha value is -0.860. The van der Waals surface area contributed by atoms with E-state index in [0.29, 0.717) is 6.04 Å². The number of ether oxygens (including phenoxy) is 1. The van der Waals surface area contributed by atoms with Crippen LogP contribution in [0.2, 0.25) is 0 Å². The largest absolute Gasteiger partial charge is 0.383 e. The summed E-state index contributed by atoms with van der Waals surface area (Å²) in [6, 6.07) is 10.9. The van der Waals surface area contributed by atoms with E-state index in [-0.39, 0.29) is 0 Å². The summed E-state index contributed by atoms with van der Waals surface area (Å²) in [7, 11) is 1.78. The number of nitrogens with one attached hydrogen (secondary N) is 1. The van der Waals surface area contributed by atoms with Gasteiger partial charge in [-0.25, -0.2) is 0 Å². The van der Waals surface area contributed by atoms with Crippen molar-refractivity contribution in [1.29, 1.82) is 0 Å². The first-order chi connectivity index (χ1) is 9.40. The smallest absolute Gasteiger partial charge is 0.0657 e. The van der Waals surface area contributed by atoms with Gasteiger partial charge in [-0.1, -0.05) is 62.4 Å². The molecule has 1 fully saturated rings. The highest BCUT2D eigenvalue weighted by Gasteiger charge is 2.15. The Morgan fingerprint density at radius 2 is 1.89 bits per heavy atom. The lowest BCUT2D eigenvalue weighted by Gasteiger charge is -2.24. The van der Waals surface area contributed by atoms with Gasteiger partial charge in [-0.05, 0) is 24.4 Å². The molecule has 1 aromatic rings. The quantitative estimate of drug-likeness (QED) is 0.803. The van der Waals surface area contributed by atoms with Crippen LogP contribution in [0.25, 0.3) is 0 Å². The average molecular weight is 261 g/mol. The van der Waals surface area contributed by atoms with Crippen LogP contribution in [0, 0.1) is 5.92 Å². The van der Waals surface area contributed by atoms with Gasteiger partial charge in [-0.15, -0.1) is 0 Å². The molecule has 0 spiro atoms. The van der Waals surface area contributed by atoms with Gasteiger partial charge in [0.1, 0.15) is 0 Å². The number of benzene rings is 1. The number of methoxy groups -OCH3 is 1. The summed E-state index contributed by atoms with van der Waals surface area (Å²) in [4.78, 5) is 0. The van der Waals surface area contributed by atoms with E-state index < -0.39 is 0 Å². The zero-order valence-corrected chi connectivity index (χ0v) is 12.1. The summed E-state index contributed by atoms with van der Waals surface area (Å²) in [5, 5.41) is 3.66. The van der Waals surface area contributed by atoms with Crippen LogP contribution >= 0.6 is 0 Å². The van der Waals surface area contributed by atoms with Crippen molar-refractivity contribution in [1.82, 2.24) is 5.32 Å². The molecule has 19 heavy (non-hydrogen) atoms. The SMILES string of the molecule is COCC(NCCC1CCCCC1)c1ccccc1. The van der Waals surface area contributed by atoms with Gasteiger partial charge in [0.25, 0.3) is 0 Å². The summed E-state index contributed by atoms with van der Waals surface area (Å²) < 4.78 is 5.34. The topological polar surface area (TPSA) is 21.3 Å². The van der Waals surface area contributed by atoms with Gasteiger partial charge in [0.05, 0.1) is 12.6 Å². The molecule has 0 aliphatic heterocycles. The molecule has 1 atom stereocenters. The average Bonchev–Trinajstić information content (AvgIpc) is 2.48. The van der Waals surface area contributed by atoms with E-state index in [2.05, 4.69) is 35.6 Å². The van der Waals surface area contributed by atoms with E-state index >= 15 is 0 Å². The Labute approximate surface area is 117 Å². The first-order valence-electron chi connectivity index (χ1n) is 7.67. The molecule has 106 valence electrons. The molecular formula is C17H27NO. The fourth-order valence-electron chi connectivity index (χ4n) is 3.06. The molecule has 2 heteroatoms. The molecule has 1 aromatic carbocycles. The van der Waals surface area contributed by atoms with Crippen molar-refractivity contribution in [2.24, 2.45) is 5.92 Å².